The maximum absolute atomic E-state index is 12.8. The molecule has 4 heterocycles. The van der Waals surface area contributed by atoms with Gasteiger partial charge in [-0.2, -0.15) is 0 Å². The van der Waals surface area contributed by atoms with E-state index in [0.29, 0.717) is 29.4 Å². The Morgan fingerprint density at radius 2 is 1.96 bits per heavy atom. The van der Waals surface area contributed by atoms with Crippen LogP contribution in [0.4, 0.5) is 0 Å². The zero-order chi connectivity index (χ0) is 18.5. The number of H-pyrrole nitrogens is 1. The van der Waals surface area contributed by atoms with E-state index < -0.39 is 0 Å². The second kappa shape index (κ2) is 6.28. The van der Waals surface area contributed by atoms with E-state index in [1.807, 2.05) is 25.1 Å². The van der Waals surface area contributed by atoms with Gasteiger partial charge in [0.05, 0.1) is 5.69 Å². The van der Waals surface area contributed by atoms with E-state index in [-0.39, 0.29) is 12.4 Å². The van der Waals surface area contributed by atoms with Gasteiger partial charge in [-0.1, -0.05) is 11.6 Å². The number of fused-ring (bicyclic) bond motifs is 3. The molecule has 0 radical (unpaired) electrons. The van der Waals surface area contributed by atoms with Gasteiger partial charge in [-0.25, -0.2) is 9.50 Å². The number of hydrogen-bond donors (Lipinski definition) is 1. The monoisotopic (exact) mass is 386 g/mol. The largest absolute Gasteiger partial charge is 0.454 e. The molecule has 7 nitrogen and oxygen atoms in total. The summed E-state index contributed by atoms with van der Waals surface area (Å²) < 4.78 is 12.4. The van der Waals surface area contributed by atoms with E-state index >= 15 is 0 Å². The second-order valence-corrected chi connectivity index (χ2v) is 7.46. The Balaban J connectivity index is 1.40. The Morgan fingerprint density at radius 3 is 2.81 bits per heavy atom. The van der Waals surface area contributed by atoms with E-state index in [0.717, 1.165) is 47.8 Å². The first-order valence-electron chi connectivity index (χ1n) is 8.99. The van der Waals surface area contributed by atoms with Crippen LogP contribution in [0.25, 0.3) is 5.65 Å². The molecule has 2 aliphatic rings. The number of aromatic amines is 1. The SMILES string of the molecule is Cc1cc2nc3c(c(=O)n2[nH]1)CCN(Cc1cc2c(cc1Cl)OCO2)CC3. The Hall–Kier alpha value is -2.51. The van der Waals surface area contributed by atoms with Crippen molar-refractivity contribution < 1.29 is 9.47 Å². The summed E-state index contributed by atoms with van der Waals surface area (Å²) in [4.78, 5) is 19.8. The number of ether oxygens (including phenoxy) is 2. The molecule has 8 heteroatoms. The molecule has 0 unspecified atom stereocenters. The van der Waals surface area contributed by atoms with E-state index in [2.05, 4.69) is 10.00 Å². The summed E-state index contributed by atoms with van der Waals surface area (Å²) >= 11 is 6.42. The number of nitrogens with one attached hydrogen (secondary N) is 1. The average molecular weight is 387 g/mol. The lowest BCUT2D eigenvalue weighted by Crippen LogP contribution is -2.27. The highest BCUT2D eigenvalue weighted by molar-refractivity contribution is 6.31. The van der Waals surface area contributed by atoms with E-state index in [9.17, 15) is 4.79 Å². The standard InChI is InChI=1S/C19H19ClN4O3/c1-11-6-18-21-15-3-5-23(4-2-13(15)19(25)24(18)22-11)9-12-7-16-17(8-14(12)20)27-10-26-16/h6-8,22H,2-5,9-10H2,1H3. The van der Waals surface area contributed by atoms with Gasteiger partial charge in [0.2, 0.25) is 6.79 Å². The highest BCUT2D eigenvalue weighted by Gasteiger charge is 2.22. The van der Waals surface area contributed by atoms with Gasteiger partial charge in [-0.15, -0.1) is 0 Å². The van der Waals surface area contributed by atoms with Gasteiger partial charge < -0.3 is 9.47 Å². The fourth-order valence-corrected chi connectivity index (χ4v) is 4.02. The summed E-state index contributed by atoms with van der Waals surface area (Å²) in [7, 11) is 0. The van der Waals surface area contributed by atoms with Crippen molar-refractivity contribution in [3.63, 3.8) is 0 Å². The van der Waals surface area contributed by atoms with Gasteiger partial charge >= 0.3 is 0 Å². The first-order valence-corrected chi connectivity index (χ1v) is 9.37. The van der Waals surface area contributed by atoms with Gasteiger partial charge in [-0.3, -0.25) is 14.8 Å². The van der Waals surface area contributed by atoms with Crippen LogP contribution in [0.2, 0.25) is 5.02 Å². The molecule has 1 aromatic carbocycles. The molecule has 0 bridgehead atoms. The lowest BCUT2D eigenvalue weighted by molar-refractivity contribution is 0.174. The first-order chi connectivity index (χ1) is 13.1. The van der Waals surface area contributed by atoms with Crippen LogP contribution in [0.15, 0.2) is 23.0 Å². The van der Waals surface area contributed by atoms with Crippen molar-refractivity contribution in [1.29, 1.82) is 0 Å². The number of aromatic nitrogens is 3. The van der Waals surface area contributed by atoms with Gasteiger partial charge in [0, 0.05) is 54.5 Å². The van der Waals surface area contributed by atoms with E-state index in [1.165, 1.54) is 0 Å². The molecule has 0 atom stereocenters. The molecule has 0 fully saturated rings. The van der Waals surface area contributed by atoms with Crippen LogP contribution in [-0.4, -0.2) is 39.4 Å². The predicted octanol–water partition coefficient (Wildman–Crippen LogP) is 2.31. The van der Waals surface area contributed by atoms with Crippen LogP contribution < -0.4 is 15.0 Å². The highest BCUT2D eigenvalue weighted by Crippen LogP contribution is 2.37. The van der Waals surface area contributed by atoms with Crippen molar-refractivity contribution >= 4 is 17.2 Å². The van der Waals surface area contributed by atoms with Crippen molar-refractivity contribution in [1.82, 2.24) is 19.5 Å². The molecular formula is C19H19ClN4O3. The van der Waals surface area contributed by atoms with Crippen LogP contribution in [0.3, 0.4) is 0 Å². The van der Waals surface area contributed by atoms with Crippen molar-refractivity contribution in [3.05, 3.63) is 56.1 Å². The molecule has 27 heavy (non-hydrogen) atoms. The third kappa shape index (κ3) is 2.87. The molecule has 2 aliphatic heterocycles. The number of benzene rings is 1. The molecule has 0 aliphatic carbocycles. The smallest absolute Gasteiger partial charge is 0.276 e. The fourth-order valence-electron chi connectivity index (χ4n) is 3.81. The Morgan fingerprint density at radius 1 is 1.19 bits per heavy atom. The minimum Gasteiger partial charge on any atom is -0.454 e. The van der Waals surface area contributed by atoms with E-state index in [4.69, 9.17) is 26.1 Å². The second-order valence-electron chi connectivity index (χ2n) is 7.05. The van der Waals surface area contributed by atoms with Gasteiger partial charge in [0.25, 0.3) is 5.56 Å². The summed E-state index contributed by atoms with van der Waals surface area (Å²) in [5.41, 5.74) is 4.32. The number of nitrogens with zero attached hydrogens (tertiary/aromatic N) is 3. The summed E-state index contributed by atoms with van der Waals surface area (Å²) in [6.07, 6.45) is 1.41. The van der Waals surface area contributed by atoms with Gasteiger partial charge in [0.1, 0.15) is 0 Å². The fraction of sp³-hybridized carbons (Fsp3) is 0.368. The maximum atomic E-state index is 12.8. The predicted molar refractivity (Wildman–Crippen MR) is 101 cm³/mol. The van der Waals surface area contributed by atoms with Crippen molar-refractivity contribution in [2.75, 3.05) is 19.9 Å². The number of halogens is 1. The minimum atomic E-state index is 0.00561. The molecule has 0 amide bonds. The molecule has 0 saturated heterocycles. The average Bonchev–Trinajstić information content (AvgIpc) is 3.18. The molecular weight excluding hydrogens is 368 g/mol. The Kier molecular flexibility index (Phi) is 3.87. The zero-order valence-electron chi connectivity index (χ0n) is 14.9. The summed E-state index contributed by atoms with van der Waals surface area (Å²) in [6, 6.07) is 5.66. The topological polar surface area (TPSA) is 71.9 Å². The Labute approximate surface area is 160 Å². The van der Waals surface area contributed by atoms with Crippen LogP contribution in [0, 0.1) is 6.92 Å². The molecule has 0 saturated carbocycles. The highest BCUT2D eigenvalue weighted by atomic mass is 35.5. The van der Waals surface area contributed by atoms with Crippen molar-refractivity contribution in [3.8, 4) is 11.5 Å². The quantitative estimate of drug-likeness (QED) is 0.731. The molecule has 2 aromatic heterocycles. The molecule has 1 N–H and O–H groups in total. The van der Waals surface area contributed by atoms with E-state index in [1.54, 1.807) is 4.52 Å². The summed E-state index contributed by atoms with van der Waals surface area (Å²) in [6.45, 7) is 4.46. The summed E-state index contributed by atoms with van der Waals surface area (Å²) in [5.74, 6) is 1.42. The van der Waals surface area contributed by atoms with Crippen LogP contribution in [0.1, 0.15) is 22.5 Å². The van der Waals surface area contributed by atoms with Gasteiger partial charge in [0.15, 0.2) is 17.1 Å². The van der Waals surface area contributed by atoms with Crippen LogP contribution >= 0.6 is 11.6 Å². The zero-order valence-corrected chi connectivity index (χ0v) is 15.7. The number of aryl methyl sites for hydroxylation is 1. The Bertz CT molecular complexity index is 1100. The molecule has 140 valence electrons. The van der Waals surface area contributed by atoms with Crippen LogP contribution in [0.5, 0.6) is 11.5 Å². The molecule has 5 rings (SSSR count). The first kappa shape index (κ1) is 16.6. The maximum Gasteiger partial charge on any atom is 0.276 e. The van der Waals surface area contributed by atoms with Crippen molar-refractivity contribution in [2.45, 2.75) is 26.3 Å². The number of hydrogen-bond acceptors (Lipinski definition) is 5. The molecule has 0 spiro atoms. The summed E-state index contributed by atoms with van der Waals surface area (Å²) in [5, 5.41) is 3.73. The molecule has 3 aromatic rings. The third-order valence-electron chi connectivity index (χ3n) is 5.20. The van der Waals surface area contributed by atoms with Crippen molar-refractivity contribution in [2.24, 2.45) is 0 Å². The lowest BCUT2D eigenvalue weighted by Gasteiger charge is -2.20. The minimum absolute atomic E-state index is 0.00561. The van der Waals surface area contributed by atoms with Gasteiger partial charge in [-0.05, 0) is 25.0 Å². The third-order valence-corrected chi connectivity index (χ3v) is 5.55. The normalized spacial score (nSPS) is 16.5. The number of rotatable bonds is 2. The lowest BCUT2D eigenvalue weighted by atomic mass is 10.1. The van der Waals surface area contributed by atoms with Crippen LogP contribution in [-0.2, 0) is 19.4 Å².